The van der Waals surface area contributed by atoms with E-state index in [4.69, 9.17) is 0 Å². The number of benzene rings is 1. The van der Waals surface area contributed by atoms with Crippen LogP contribution in [0.5, 0.6) is 0 Å². The smallest absolute Gasteiger partial charge is 0.243 e. The second kappa shape index (κ2) is 5.59. The first kappa shape index (κ1) is 14.8. The average Bonchev–Trinajstić information content (AvgIpc) is 2.49. The molecule has 3 rings (SSSR count). The molecule has 1 fully saturated rings. The van der Waals surface area contributed by atoms with Crippen molar-refractivity contribution in [1.29, 1.82) is 0 Å². The summed E-state index contributed by atoms with van der Waals surface area (Å²) in [5, 5.41) is 13.1. The van der Waals surface area contributed by atoms with Gasteiger partial charge in [0.15, 0.2) is 0 Å². The molecule has 0 amide bonds. The number of nitrogens with zero attached hydrogens (tertiary/aromatic N) is 1. The van der Waals surface area contributed by atoms with Crippen molar-refractivity contribution >= 4 is 15.7 Å². The molecule has 116 valence electrons. The van der Waals surface area contributed by atoms with Gasteiger partial charge in [0, 0.05) is 25.3 Å². The quantitative estimate of drug-likeness (QED) is 0.867. The number of aryl methyl sites for hydroxylation is 1. The van der Waals surface area contributed by atoms with Crippen LogP contribution in [-0.4, -0.2) is 43.6 Å². The second-order valence-corrected chi connectivity index (χ2v) is 7.98. The summed E-state index contributed by atoms with van der Waals surface area (Å²) < 4.78 is 27.0. The van der Waals surface area contributed by atoms with Crippen molar-refractivity contribution in [3.63, 3.8) is 0 Å². The van der Waals surface area contributed by atoms with E-state index in [1.165, 1.54) is 4.31 Å². The van der Waals surface area contributed by atoms with Gasteiger partial charge in [-0.2, -0.15) is 4.31 Å². The molecule has 0 saturated carbocycles. The van der Waals surface area contributed by atoms with Gasteiger partial charge < -0.3 is 10.4 Å². The molecule has 2 atom stereocenters. The number of anilines is 1. The van der Waals surface area contributed by atoms with Crippen molar-refractivity contribution in [2.24, 2.45) is 5.92 Å². The molecule has 1 aromatic rings. The van der Waals surface area contributed by atoms with Crippen LogP contribution in [0.25, 0.3) is 0 Å². The van der Waals surface area contributed by atoms with Crippen LogP contribution in [0.3, 0.4) is 0 Å². The number of piperidine rings is 1. The fourth-order valence-corrected chi connectivity index (χ4v) is 4.68. The number of nitrogens with one attached hydrogen (secondary N) is 1. The molecule has 2 unspecified atom stereocenters. The predicted molar refractivity (Wildman–Crippen MR) is 81.8 cm³/mol. The van der Waals surface area contributed by atoms with Gasteiger partial charge in [-0.1, -0.05) is 6.92 Å². The molecule has 21 heavy (non-hydrogen) atoms. The number of aliphatic hydroxyl groups excluding tert-OH is 1. The fourth-order valence-electron chi connectivity index (χ4n) is 3.07. The predicted octanol–water partition coefficient (Wildman–Crippen LogP) is 1.44. The Morgan fingerprint density at radius 3 is 2.95 bits per heavy atom. The largest absolute Gasteiger partial charge is 0.393 e. The van der Waals surface area contributed by atoms with Gasteiger partial charge in [-0.3, -0.25) is 0 Å². The van der Waals surface area contributed by atoms with Gasteiger partial charge in [-0.25, -0.2) is 8.42 Å². The lowest BCUT2D eigenvalue weighted by Gasteiger charge is -2.33. The molecule has 0 aliphatic carbocycles. The Kier molecular flexibility index (Phi) is 3.94. The molecule has 1 saturated heterocycles. The van der Waals surface area contributed by atoms with Gasteiger partial charge in [-0.05, 0) is 48.9 Å². The Morgan fingerprint density at radius 2 is 2.19 bits per heavy atom. The number of aliphatic hydroxyl groups is 1. The van der Waals surface area contributed by atoms with Gasteiger partial charge >= 0.3 is 0 Å². The van der Waals surface area contributed by atoms with Crippen LogP contribution in [0.4, 0.5) is 5.69 Å². The third kappa shape index (κ3) is 2.80. The molecule has 0 bridgehead atoms. The van der Waals surface area contributed by atoms with Gasteiger partial charge in [0.05, 0.1) is 11.0 Å². The summed E-state index contributed by atoms with van der Waals surface area (Å²) >= 11 is 0. The van der Waals surface area contributed by atoms with E-state index in [-0.39, 0.29) is 5.92 Å². The monoisotopic (exact) mass is 310 g/mol. The zero-order valence-electron chi connectivity index (χ0n) is 12.2. The number of rotatable bonds is 2. The van der Waals surface area contributed by atoms with Gasteiger partial charge in [-0.15, -0.1) is 0 Å². The van der Waals surface area contributed by atoms with Crippen LogP contribution < -0.4 is 5.32 Å². The Bertz CT molecular complexity index is 630. The number of sulfonamides is 1. The highest BCUT2D eigenvalue weighted by Crippen LogP contribution is 2.28. The lowest BCUT2D eigenvalue weighted by Crippen LogP contribution is -2.44. The first-order valence-electron chi connectivity index (χ1n) is 7.53. The summed E-state index contributed by atoms with van der Waals surface area (Å²) in [5.74, 6) is -0.0205. The molecular weight excluding hydrogens is 288 g/mol. The summed E-state index contributed by atoms with van der Waals surface area (Å²) in [6, 6.07) is 5.35. The SMILES string of the molecule is CC1CN(S(=O)(=O)c2ccc3c(c2)CCCN3)CCC1O. The van der Waals surface area contributed by atoms with Crippen molar-refractivity contribution in [1.82, 2.24) is 4.31 Å². The van der Waals surface area contributed by atoms with Crippen LogP contribution in [0.2, 0.25) is 0 Å². The summed E-state index contributed by atoms with van der Waals surface area (Å²) in [7, 11) is -3.46. The van der Waals surface area contributed by atoms with Crippen molar-refractivity contribution in [3.8, 4) is 0 Å². The minimum Gasteiger partial charge on any atom is -0.393 e. The normalized spacial score (nSPS) is 27.0. The number of hydrogen-bond donors (Lipinski definition) is 2. The van der Waals surface area contributed by atoms with Crippen LogP contribution in [0.1, 0.15) is 25.3 Å². The first-order valence-corrected chi connectivity index (χ1v) is 8.97. The van der Waals surface area contributed by atoms with Crippen LogP contribution in [-0.2, 0) is 16.4 Å². The van der Waals surface area contributed by atoms with Crippen molar-refractivity contribution < 1.29 is 13.5 Å². The highest BCUT2D eigenvalue weighted by molar-refractivity contribution is 7.89. The van der Waals surface area contributed by atoms with E-state index in [9.17, 15) is 13.5 Å². The van der Waals surface area contributed by atoms with E-state index in [2.05, 4.69) is 5.32 Å². The zero-order chi connectivity index (χ0) is 15.0. The van der Waals surface area contributed by atoms with E-state index in [1.807, 2.05) is 13.0 Å². The molecule has 2 heterocycles. The van der Waals surface area contributed by atoms with Gasteiger partial charge in [0.2, 0.25) is 10.0 Å². The maximum Gasteiger partial charge on any atom is 0.243 e. The summed E-state index contributed by atoms with van der Waals surface area (Å²) in [4.78, 5) is 0.369. The Balaban J connectivity index is 1.88. The molecule has 2 aliphatic heterocycles. The Labute approximate surface area is 126 Å². The summed E-state index contributed by atoms with van der Waals surface area (Å²) in [6.45, 7) is 3.62. The summed E-state index contributed by atoms with van der Waals surface area (Å²) in [5.41, 5.74) is 2.12. The van der Waals surface area contributed by atoms with Crippen molar-refractivity contribution in [2.45, 2.75) is 37.2 Å². The minimum absolute atomic E-state index is 0.0205. The van der Waals surface area contributed by atoms with E-state index in [0.717, 1.165) is 30.6 Å². The molecule has 0 aromatic heterocycles. The highest BCUT2D eigenvalue weighted by atomic mass is 32.2. The fraction of sp³-hybridized carbons (Fsp3) is 0.600. The van der Waals surface area contributed by atoms with E-state index < -0.39 is 16.1 Å². The molecule has 5 nitrogen and oxygen atoms in total. The molecule has 1 aromatic carbocycles. The molecular formula is C15H22N2O3S. The Hall–Kier alpha value is -1.11. The molecule has 2 aliphatic rings. The average molecular weight is 310 g/mol. The number of fused-ring (bicyclic) bond motifs is 1. The molecule has 0 radical (unpaired) electrons. The third-order valence-electron chi connectivity index (χ3n) is 4.48. The topological polar surface area (TPSA) is 69.6 Å². The standard InChI is InChI=1S/C15H22N2O3S/c1-11-10-17(8-6-15(11)18)21(19,20)13-4-5-14-12(9-13)3-2-7-16-14/h4-5,9,11,15-16,18H,2-3,6-8,10H2,1H3. The highest BCUT2D eigenvalue weighted by Gasteiger charge is 2.33. The molecule has 2 N–H and O–H groups in total. The van der Waals surface area contributed by atoms with Gasteiger partial charge in [0.1, 0.15) is 0 Å². The summed E-state index contributed by atoms with van der Waals surface area (Å²) in [6.07, 6.45) is 2.06. The van der Waals surface area contributed by atoms with E-state index in [1.54, 1.807) is 12.1 Å². The van der Waals surface area contributed by atoms with Crippen LogP contribution in [0, 0.1) is 5.92 Å². The maximum absolute atomic E-state index is 12.7. The third-order valence-corrected chi connectivity index (χ3v) is 6.34. The van der Waals surface area contributed by atoms with Gasteiger partial charge in [0.25, 0.3) is 0 Å². The first-order chi connectivity index (χ1) is 9.98. The zero-order valence-corrected chi connectivity index (χ0v) is 13.1. The van der Waals surface area contributed by atoms with Crippen LogP contribution in [0.15, 0.2) is 23.1 Å². The van der Waals surface area contributed by atoms with E-state index >= 15 is 0 Å². The maximum atomic E-state index is 12.7. The molecule has 6 heteroatoms. The number of hydrogen-bond acceptors (Lipinski definition) is 4. The van der Waals surface area contributed by atoms with Crippen molar-refractivity contribution in [2.75, 3.05) is 25.0 Å². The lowest BCUT2D eigenvalue weighted by molar-refractivity contribution is 0.0628. The van der Waals surface area contributed by atoms with E-state index in [0.29, 0.717) is 24.4 Å². The Morgan fingerprint density at radius 1 is 1.38 bits per heavy atom. The second-order valence-electron chi connectivity index (χ2n) is 6.05. The lowest BCUT2D eigenvalue weighted by atomic mass is 9.99. The molecule has 0 spiro atoms. The van der Waals surface area contributed by atoms with Crippen molar-refractivity contribution in [3.05, 3.63) is 23.8 Å². The van der Waals surface area contributed by atoms with Crippen LogP contribution >= 0.6 is 0 Å². The minimum atomic E-state index is -3.46.